The second-order valence-corrected chi connectivity index (χ2v) is 5.39. The lowest BCUT2D eigenvalue weighted by atomic mass is 10.1. The lowest BCUT2D eigenvalue weighted by Gasteiger charge is -2.10. The molecule has 0 heterocycles. The summed E-state index contributed by atoms with van der Waals surface area (Å²) in [4.78, 5) is 0. The van der Waals surface area contributed by atoms with Crippen molar-refractivity contribution in [2.45, 2.75) is 32.0 Å². The van der Waals surface area contributed by atoms with Crippen molar-refractivity contribution in [3.63, 3.8) is 0 Å². The van der Waals surface area contributed by atoms with Crippen molar-refractivity contribution in [1.82, 2.24) is 0 Å². The zero-order valence-corrected chi connectivity index (χ0v) is 11.5. The molecule has 0 spiro atoms. The van der Waals surface area contributed by atoms with Crippen LogP contribution in [0.3, 0.4) is 0 Å². The topological polar surface area (TPSA) is 12.0 Å². The van der Waals surface area contributed by atoms with Crippen LogP contribution in [-0.4, -0.2) is 0 Å². The van der Waals surface area contributed by atoms with Gasteiger partial charge in [0.1, 0.15) is 0 Å². The van der Waals surface area contributed by atoms with E-state index in [1.54, 1.807) is 0 Å². The molecule has 1 nitrogen and oxygen atoms in total. The van der Waals surface area contributed by atoms with Gasteiger partial charge in [-0.25, -0.2) is 0 Å². The van der Waals surface area contributed by atoms with Crippen molar-refractivity contribution < 1.29 is 13.2 Å². The van der Waals surface area contributed by atoms with Gasteiger partial charge in [0.15, 0.2) is 0 Å². The van der Waals surface area contributed by atoms with Crippen LogP contribution in [0.4, 0.5) is 18.9 Å². The molecule has 0 atom stereocenters. The maximum Gasteiger partial charge on any atom is 0.416 e. The summed E-state index contributed by atoms with van der Waals surface area (Å²) in [6.07, 6.45) is -0.783. The molecule has 2 aromatic rings. The predicted octanol–water partition coefficient (Wildman–Crippen LogP) is 4.81. The van der Waals surface area contributed by atoms with Crippen molar-refractivity contribution in [3.8, 4) is 0 Å². The number of anilines is 1. The number of halogens is 3. The minimum absolute atomic E-state index is 0.620. The third-order valence-corrected chi connectivity index (χ3v) is 3.87. The molecule has 1 aliphatic carbocycles. The second kappa shape index (κ2) is 5.43. The summed E-state index contributed by atoms with van der Waals surface area (Å²) >= 11 is 0. The van der Waals surface area contributed by atoms with E-state index >= 15 is 0 Å². The van der Waals surface area contributed by atoms with Crippen molar-refractivity contribution in [2.24, 2.45) is 0 Å². The van der Waals surface area contributed by atoms with E-state index in [2.05, 4.69) is 23.5 Å². The summed E-state index contributed by atoms with van der Waals surface area (Å²) in [5.41, 5.74) is 4.07. The predicted molar refractivity (Wildman–Crippen MR) is 77.2 cm³/mol. The molecule has 0 fully saturated rings. The average molecular weight is 291 g/mol. The molecule has 4 heteroatoms. The van der Waals surface area contributed by atoms with Crippen LogP contribution >= 0.6 is 0 Å². The highest BCUT2D eigenvalue weighted by Gasteiger charge is 2.29. The molecule has 2 aromatic carbocycles. The van der Waals surface area contributed by atoms with Gasteiger partial charge in [-0.15, -0.1) is 0 Å². The summed E-state index contributed by atoms with van der Waals surface area (Å²) in [5.74, 6) is 0. The summed E-state index contributed by atoms with van der Waals surface area (Å²) < 4.78 is 37.4. The van der Waals surface area contributed by atoms with Crippen molar-refractivity contribution in [3.05, 3.63) is 64.7 Å². The molecular weight excluding hydrogens is 275 g/mol. The van der Waals surface area contributed by atoms with Gasteiger partial charge in [0.2, 0.25) is 0 Å². The van der Waals surface area contributed by atoms with E-state index in [1.165, 1.54) is 29.7 Å². The molecule has 0 saturated heterocycles. The Morgan fingerprint density at radius 2 is 1.62 bits per heavy atom. The number of aryl methyl sites for hydroxylation is 2. The lowest BCUT2D eigenvalue weighted by Crippen LogP contribution is -2.05. The fraction of sp³-hybridized carbons (Fsp3) is 0.294. The standard InChI is InChI=1S/C17H16F3N/c18-17(19,20)15-6-8-16(9-7-15)21-11-12-4-5-13-2-1-3-14(13)10-12/h4-10,21H,1-3,11H2. The summed E-state index contributed by atoms with van der Waals surface area (Å²) in [7, 11) is 0. The molecule has 0 aliphatic heterocycles. The average Bonchev–Trinajstić information content (AvgIpc) is 2.92. The molecule has 21 heavy (non-hydrogen) atoms. The third kappa shape index (κ3) is 3.20. The number of rotatable bonds is 3. The first-order valence-corrected chi connectivity index (χ1v) is 7.04. The normalized spacial score (nSPS) is 14.0. The summed E-state index contributed by atoms with van der Waals surface area (Å²) in [5, 5.41) is 3.16. The Morgan fingerprint density at radius 3 is 2.33 bits per heavy atom. The van der Waals surface area contributed by atoms with E-state index in [0.717, 1.165) is 30.5 Å². The maximum atomic E-state index is 12.5. The highest BCUT2D eigenvalue weighted by Crippen LogP contribution is 2.30. The largest absolute Gasteiger partial charge is 0.416 e. The van der Waals surface area contributed by atoms with Crippen molar-refractivity contribution in [2.75, 3.05) is 5.32 Å². The van der Waals surface area contributed by atoms with Crippen LogP contribution in [0, 0.1) is 0 Å². The van der Waals surface area contributed by atoms with E-state index in [9.17, 15) is 13.2 Å². The minimum atomic E-state index is -4.28. The molecule has 3 rings (SSSR count). The molecule has 0 aromatic heterocycles. The van der Waals surface area contributed by atoms with E-state index in [1.807, 2.05) is 0 Å². The Hall–Kier alpha value is -1.97. The van der Waals surface area contributed by atoms with Gasteiger partial charge in [0.05, 0.1) is 5.56 Å². The number of alkyl halides is 3. The Balaban J connectivity index is 1.65. The van der Waals surface area contributed by atoms with E-state index in [-0.39, 0.29) is 0 Å². The van der Waals surface area contributed by atoms with E-state index in [0.29, 0.717) is 12.2 Å². The fourth-order valence-corrected chi connectivity index (χ4v) is 2.72. The molecule has 110 valence electrons. The lowest BCUT2D eigenvalue weighted by molar-refractivity contribution is -0.137. The number of benzene rings is 2. The van der Waals surface area contributed by atoms with Gasteiger partial charge in [-0.2, -0.15) is 13.2 Å². The molecule has 0 bridgehead atoms. The highest BCUT2D eigenvalue weighted by atomic mass is 19.4. The first-order valence-electron chi connectivity index (χ1n) is 7.04. The smallest absolute Gasteiger partial charge is 0.381 e. The highest BCUT2D eigenvalue weighted by molar-refractivity contribution is 5.46. The van der Waals surface area contributed by atoms with Crippen LogP contribution in [0.1, 0.15) is 28.7 Å². The fourth-order valence-electron chi connectivity index (χ4n) is 2.72. The first-order chi connectivity index (χ1) is 10.0. The second-order valence-electron chi connectivity index (χ2n) is 5.39. The number of nitrogens with one attached hydrogen (secondary N) is 1. The third-order valence-electron chi connectivity index (χ3n) is 3.87. The summed E-state index contributed by atoms with van der Waals surface area (Å²) in [6.45, 7) is 0.624. The van der Waals surface area contributed by atoms with Crippen LogP contribution < -0.4 is 5.32 Å². The van der Waals surface area contributed by atoms with Gasteiger partial charge in [-0.05, 0) is 60.2 Å². The molecular formula is C17H16F3N. The van der Waals surface area contributed by atoms with Gasteiger partial charge in [0.25, 0.3) is 0 Å². The van der Waals surface area contributed by atoms with Crippen molar-refractivity contribution >= 4 is 5.69 Å². The van der Waals surface area contributed by atoms with Crippen LogP contribution in [0.25, 0.3) is 0 Å². The summed E-state index contributed by atoms with van der Waals surface area (Å²) in [6, 6.07) is 11.6. The molecule has 0 saturated carbocycles. The molecule has 0 amide bonds. The molecule has 1 N–H and O–H groups in total. The Labute approximate surface area is 121 Å². The molecule has 0 unspecified atom stereocenters. The molecule has 1 aliphatic rings. The van der Waals surface area contributed by atoms with E-state index < -0.39 is 11.7 Å². The minimum Gasteiger partial charge on any atom is -0.381 e. The zero-order chi connectivity index (χ0) is 14.9. The Bertz CT molecular complexity index is 629. The van der Waals surface area contributed by atoms with Crippen molar-refractivity contribution in [1.29, 1.82) is 0 Å². The molecule has 0 radical (unpaired) electrons. The quantitative estimate of drug-likeness (QED) is 0.856. The Kier molecular flexibility index (Phi) is 3.62. The number of hydrogen-bond donors (Lipinski definition) is 1. The number of hydrogen-bond acceptors (Lipinski definition) is 1. The van der Waals surface area contributed by atoms with Gasteiger partial charge in [0, 0.05) is 12.2 Å². The van der Waals surface area contributed by atoms with E-state index in [4.69, 9.17) is 0 Å². The van der Waals surface area contributed by atoms with Gasteiger partial charge >= 0.3 is 6.18 Å². The number of fused-ring (bicyclic) bond motifs is 1. The monoisotopic (exact) mass is 291 g/mol. The Morgan fingerprint density at radius 1 is 0.905 bits per heavy atom. The van der Waals surface area contributed by atoms with Crippen LogP contribution in [0.15, 0.2) is 42.5 Å². The zero-order valence-electron chi connectivity index (χ0n) is 11.5. The maximum absolute atomic E-state index is 12.5. The van der Waals surface area contributed by atoms with Crippen LogP contribution in [0.5, 0.6) is 0 Å². The first kappa shape index (κ1) is 14.0. The SMILES string of the molecule is FC(F)(F)c1ccc(NCc2ccc3c(c2)CCC3)cc1. The van der Waals surface area contributed by atoms with Crippen LogP contribution in [0.2, 0.25) is 0 Å². The van der Waals surface area contributed by atoms with Gasteiger partial charge < -0.3 is 5.32 Å². The van der Waals surface area contributed by atoms with Gasteiger partial charge in [-0.1, -0.05) is 18.2 Å². The van der Waals surface area contributed by atoms with Crippen LogP contribution in [-0.2, 0) is 25.6 Å². The van der Waals surface area contributed by atoms with Gasteiger partial charge in [-0.3, -0.25) is 0 Å².